The molecule has 0 bridgehead atoms. The molecular weight excluding hydrogens is 210 g/mol. The van der Waals surface area contributed by atoms with Crippen molar-refractivity contribution in [3.05, 3.63) is 0 Å². The molecule has 1 aliphatic carbocycles. The normalized spacial score (nSPS) is 22.3. The summed E-state index contributed by atoms with van der Waals surface area (Å²) in [7, 11) is -2.95. The van der Waals surface area contributed by atoms with Gasteiger partial charge in [0.2, 0.25) is 0 Å². The van der Waals surface area contributed by atoms with Gasteiger partial charge in [-0.05, 0) is 19.4 Å². The Kier molecular flexibility index (Phi) is 4.59. The quantitative estimate of drug-likeness (QED) is 0.752. The number of hydrogen-bond acceptors (Lipinski definition) is 3. The first-order chi connectivity index (χ1) is 7.02. The maximum absolute atomic E-state index is 11.9. The lowest BCUT2D eigenvalue weighted by Crippen LogP contribution is -2.46. The fourth-order valence-electron chi connectivity index (χ4n) is 2.40. The lowest BCUT2D eigenvalue weighted by molar-refractivity contribution is 0.437. The lowest BCUT2D eigenvalue weighted by atomic mass is 9.99. The zero-order chi connectivity index (χ0) is 11.4. The van der Waals surface area contributed by atoms with Crippen LogP contribution in [0.4, 0.5) is 0 Å². The molecule has 0 spiro atoms. The maximum Gasteiger partial charge on any atom is 0.154 e. The van der Waals surface area contributed by atoms with Crippen LogP contribution in [-0.2, 0) is 9.84 Å². The van der Waals surface area contributed by atoms with Gasteiger partial charge in [0.25, 0.3) is 0 Å². The summed E-state index contributed by atoms with van der Waals surface area (Å²) in [6.45, 7) is 3.49. The van der Waals surface area contributed by atoms with Gasteiger partial charge in [-0.3, -0.25) is 0 Å². The third kappa shape index (κ3) is 3.18. The van der Waals surface area contributed by atoms with E-state index in [0.29, 0.717) is 6.54 Å². The van der Waals surface area contributed by atoms with Crippen molar-refractivity contribution in [1.82, 2.24) is 5.32 Å². The first-order valence-corrected chi connectivity index (χ1v) is 7.81. The van der Waals surface area contributed by atoms with E-state index in [1.54, 1.807) is 0 Å². The van der Waals surface area contributed by atoms with E-state index in [9.17, 15) is 8.42 Å². The molecule has 1 saturated carbocycles. The van der Waals surface area contributed by atoms with Crippen LogP contribution >= 0.6 is 0 Å². The van der Waals surface area contributed by atoms with Gasteiger partial charge in [0.05, 0.1) is 4.75 Å². The van der Waals surface area contributed by atoms with Crippen molar-refractivity contribution in [2.75, 3.05) is 19.3 Å². The SMILES string of the molecule is CCNCC1(S(C)(=O)=O)CCCCCC1. The first-order valence-electron chi connectivity index (χ1n) is 5.92. The van der Waals surface area contributed by atoms with Crippen molar-refractivity contribution in [3.8, 4) is 0 Å². The molecule has 0 heterocycles. The summed E-state index contributed by atoms with van der Waals surface area (Å²) in [4.78, 5) is 0. The molecule has 1 fully saturated rings. The smallest absolute Gasteiger partial charge is 0.154 e. The van der Waals surface area contributed by atoms with Gasteiger partial charge in [0, 0.05) is 12.8 Å². The van der Waals surface area contributed by atoms with Gasteiger partial charge in [-0.15, -0.1) is 0 Å². The van der Waals surface area contributed by atoms with E-state index >= 15 is 0 Å². The molecule has 3 nitrogen and oxygen atoms in total. The Balaban J connectivity index is 2.83. The Hall–Kier alpha value is -0.0900. The molecule has 0 aromatic rings. The highest BCUT2D eigenvalue weighted by atomic mass is 32.2. The molecule has 0 saturated heterocycles. The Morgan fingerprint density at radius 3 is 2.07 bits per heavy atom. The molecule has 0 unspecified atom stereocenters. The Bertz CT molecular complexity index is 277. The van der Waals surface area contributed by atoms with E-state index in [4.69, 9.17) is 0 Å². The van der Waals surface area contributed by atoms with Crippen LogP contribution in [0.15, 0.2) is 0 Å². The molecule has 0 radical (unpaired) electrons. The van der Waals surface area contributed by atoms with Crippen LogP contribution in [0.3, 0.4) is 0 Å². The fourth-order valence-corrected chi connectivity index (χ4v) is 3.80. The second-order valence-electron chi connectivity index (χ2n) is 4.65. The molecule has 0 aliphatic heterocycles. The van der Waals surface area contributed by atoms with Crippen molar-refractivity contribution in [2.45, 2.75) is 50.2 Å². The van der Waals surface area contributed by atoms with Gasteiger partial charge >= 0.3 is 0 Å². The Morgan fingerprint density at radius 1 is 1.13 bits per heavy atom. The Labute approximate surface area is 93.6 Å². The third-order valence-corrected chi connectivity index (χ3v) is 5.62. The van der Waals surface area contributed by atoms with E-state index in [1.807, 2.05) is 6.92 Å². The predicted octanol–water partition coefficient (Wildman–Crippen LogP) is 1.73. The average molecular weight is 233 g/mol. The van der Waals surface area contributed by atoms with Gasteiger partial charge in [-0.1, -0.05) is 32.6 Å². The zero-order valence-electron chi connectivity index (χ0n) is 9.88. The van der Waals surface area contributed by atoms with Gasteiger partial charge in [0.1, 0.15) is 0 Å². The van der Waals surface area contributed by atoms with Crippen molar-refractivity contribution in [1.29, 1.82) is 0 Å². The molecule has 0 aromatic heterocycles. The van der Waals surface area contributed by atoms with Gasteiger partial charge in [-0.25, -0.2) is 8.42 Å². The summed E-state index contributed by atoms with van der Waals surface area (Å²) in [6, 6.07) is 0. The zero-order valence-corrected chi connectivity index (χ0v) is 10.7. The minimum atomic E-state index is -2.95. The van der Waals surface area contributed by atoms with Gasteiger partial charge < -0.3 is 5.32 Å². The van der Waals surface area contributed by atoms with E-state index in [1.165, 1.54) is 19.1 Å². The van der Waals surface area contributed by atoms with E-state index in [0.717, 1.165) is 32.2 Å². The van der Waals surface area contributed by atoms with Gasteiger partial charge in [0.15, 0.2) is 9.84 Å². The molecule has 0 amide bonds. The molecular formula is C11H23NO2S. The van der Waals surface area contributed by atoms with Crippen LogP contribution in [0, 0.1) is 0 Å². The van der Waals surface area contributed by atoms with Crippen LogP contribution in [-0.4, -0.2) is 32.5 Å². The van der Waals surface area contributed by atoms with Crippen molar-refractivity contribution in [3.63, 3.8) is 0 Å². The van der Waals surface area contributed by atoms with Crippen LogP contribution in [0.25, 0.3) is 0 Å². The van der Waals surface area contributed by atoms with Crippen LogP contribution < -0.4 is 5.32 Å². The van der Waals surface area contributed by atoms with E-state index < -0.39 is 14.6 Å². The first kappa shape index (κ1) is 13.0. The summed E-state index contributed by atoms with van der Waals surface area (Å²) in [5.74, 6) is 0. The molecule has 4 heteroatoms. The summed E-state index contributed by atoms with van der Waals surface area (Å²) in [5.41, 5.74) is 0. The highest BCUT2D eigenvalue weighted by Gasteiger charge is 2.40. The molecule has 1 rings (SSSR count). The van der Waals surface area contributed by atoms with Crippen LogP contribution in [0.2, 0.25) is 0 Å². The second kappa shape index (κ2) is 5.30. The molecule has 1 aliphatic rings. The number of hydrogen-bond donors (Lipinski definition) is 1. The summed E-state index contributed by atoms with van der Waals surface area (Å²) in [6.07, 6.45) is 7.54. The van der Waals surface area contributed by atoms with Crippen LogP contribution in [0.1, 0.15) is 45.4 Å². The molecule has 90 valence electrons. The Morgan fingerprint density at radius 2 is 1.67 bits per heavy atom. The fraction of sp³-hybridized carbons (Fsp3) is 1.00. The number of sulfone groups is 1. The topological polar surface area (TPSA) is 46.2 Å². The summed E-state index contributed by atoms with van der Waals surface area (Å²) >= 11 is 0. The molecule has 0 aromatic carbocycles. The summed E-state index contributed by atoms with van der Waals surface area (Å²) < 4.78 is 23.4. The highest BCUT2D eigenvalue weighted by molar-refractivity contribution is 7.92. The summed E-state index contributed by atoms with van der Waals surface area (Å²) in [5, 5.41) is 3.21. The van der Waals surface area contributed by atoms with Crippen molar-refractivity contribution < 1.29 is 8.42 Å². The second-order valence-corrected chi connectivity index (χ2v) is 7.06. The average Bonchev–Trinajstić information content (AvgIpc) is 2.39. The van der Waals surface area contributed by atoms with E-state index in [2.05, 4.69) is 5.32 Å². The van der Waals surface area contributed by atoms with Crippen LogP contribution in [0.5, 0.6) is 0 Å². The molecule has 15 heavy (non-hydrogen) atoms. The third-order valence-electron chi connectivity index (χ3n) is 3.50. The van der Waals surface area contributed by atoms with Crippen molar-refractivity contribution >= 4 is 9.84 Å². The van der Waals surface area contributed by atoms with Gasteiger partial charge in [-0.2, -0.15) is 0 Å². The molecule has 1 N–H and O–H groups in total. The van der Waals surface area contributed by atoms with Crippen molar-refractivity contribution in [2.24, 2.45) is 0 Å². The minimum absolute atomic E-state index is 0.487. The standard InChI is InChI=1S/C11H23NO2S/c1-3-12-10-11(15(2,13)14)8-6-4-5-7-9-11/h12H,3-10H2,1-2H3. The minimum Gasteiger partial charge on any atom is -0.315 e. The van der Waals surface area contributed by atoms with E-state index in [-0.39, 0.29) is 0 Å². The molecule has 0 atom stereocenters. The highest BCUT2D eigenvalue weighted by Crippen LogP contribution is 2.33. The monoisotopic (exact) mass is 233 g/mol. The predicted molar refractivity (Wildman–Crippen MR) is 63.8 cm³/mol. The largest absolute Gasteiger partial charge is 0.315 e. The number of nitrogens with one attached hydrogen (secondary N) is 1. The number of rotatable bonds is 4. The lowest BCUT2D eigenvalue weighted by Gasteiger charge is -2.31. The maximum atomic E-state index is 11.9.